The molecule has 0 saturated heterocycles. The minimum Gasteiger partial charge on any atom is -0.481 e. The van der Waals surface area contributed by atoms with Crippen LogP contribution in [0.5, 0.6) is 0 Å². The van der Waals surface area contributed by atoms with Crippen LogP contribution in [-0.2, 0) is 4.79 Å². The van der Waals surface area contributed by atoms with Gasteiger partial charge in [-0.15, -0.1) is 0 Å². The van der Waals surface area contributed by atoms with Crippen molar-refractivity contribution in [3.8, 4) is 0 Å². The van der Waals surface area contributed by atoms with Crippen molar-refractivity contribution in [1.82, 2.24) is 0 Å². The number of benzene rings is 1. The molecular weight excluding hydrogens is 296 g/mol. The number of hydrogen-bond acceptors (Lipinski definition) is 2. The first kappa shape index (κ1) is 14.9. The summed E-state index contributed by atoms with van der Waals surface area (Å²) in [4.78, 5) is 22.7. The van der Waals surface area contributed by atoms with Crippen LogP contribution in [0.4, 0.5) is 0 Å². The average molecular weight is 313 g/mol. The second kappa shape index (κ2) is 6.14. The summed E-state index contributed by atoms with van der Waals surface area (Å²) in [6, 6.07) is 3.78. The lowest BCUT2D eigenvalue weighted by atomic mass is 9.94. The van der Waals surface area contributed by atoms with Crippen LogP contribution >= 0.6 is 15.9 Å². The van der Waals surface area contributed by atoms with Gasteiger partial charge < -0.3 is 5.11 Å². The number of halogens is 1. The minimum absolute atomic E-state index is 0.0110. The van der Waals surface area contributed by atoms with Gasteiger partial charge in [0.1, 0.15) is 0 Å². The Kier molecular flexibility index (Phi) is 5.08. The van der Waals surface area contributed by atoms with Crippen molar-refractivity contribution in [2.24, 2.45) is 5.92 Å². The highest BCUT2D eigenvalue weighted by Gasteiger charge is 2.16. The van der Waals surface area contributed by atoms with Crippen LogP contribution in [0.3, 0.4) is 0 Å². The predicted molar refractivity (Wildman–Crippen MR) is 74.0 cm³/mol. The second-order valence-electron chi connectivity index (χ2n) is 4.75. The summed E-state index contributed by atoms with van der Waals surface area (Å²) >= 11 is 3.42. The molecule has 1 aromatic carbocycles. The van der Waals surface area contributed by atoms with Crippen LogP contribution in [-0.4, -0.2) is 16.9 Å². The van der Waals surface area contributed by atoms with E-state index < -0.39 is 5.97 Å². The molecule has 0 fully saturated rings. The molecule has 0 radical (unpaired) electrons. The standard InChI is InChI=1S/C14H17BrO3/c1-8(5-14(17)18)4-13(16)11-6-10(3)12(15)7-9(11)2/h6-8H,4-5H2,1-3H3,(H,17,18). The third-order valence-electron chi connectivity index (χ3n) is 2.86. The fourth-order valence-corrected chi connectivity index (χ4v) is 2.34. The Balaban J connectivity index is 2.85. The number of ketones is 1. The number of Topliss-reactive ketones (excluding diaryl/α,β-unsaturated/α-hetero) is 1. The zero-order chi connectivity index (χ0) is 13.9. The number of aliphatic carboxylic acids is 1. The number of carboxylic acid groups (broad SMARTS) is 1. The van der Waals surface area contributed by atoms with Gasteiger partial charge >= 0.3 is 5.97 Å². The summed E-state index contributed by atoms with van der Waals surface area (Å²) in [5.41, 5.74) is 2.61. The summed E-state index contributed by atoms with van der Waals surface area (Å²) in [5, 5.41) is 8.68. The van der Waals surface area contributed by atoms with Crippen molar-refractivity contribution in [3.63, 3.8) is 0 Å². The van der Waals surface area contributed by atoms with Crippen LogP contribution in [0.2, 0.25) is 0 Å². The van der Waals surface area contributed by atoms with Crippen LogP contribution in [0, 0.1) is 19.8 Å². The predicted octanol–water partition coefficient (Wildman–Crippen LogP) is 3.75. The lowest BCUT2D eigenvalue weighted by Gasteiger charge is -2.11. The molecule has 98 valence electrons. The Morgan fingerprint density at radius 1 is 1.22 bits per heavy atom. The maximum Gasteiger partial charge on any atom is 0.303 e. The summed E-state index contributed by atoms with van der Waals surface area (Å²) < 4.78 is 0.982. The Hall–Kier alpha value is -1.16. The first-order chi connectivity index (χ1) is 8.31. The lowest BCUT2D eigenvalue weighted by molar-refractivity contribution is -0.137. The molecule has 3 nitrogen and oxygen atoms in total. The molecule has 0 heterocycles. The molecule has 1 unspecified atom stereocenters. The van der Waals surface area contributed by atoms with Crippen molar-refractivity contribution in [3.05, 3.63) is 33.3 Å². The van der Waals surface area contributed by atoms with E-state index in [-0.39, 0.29) is 24.5 Å². The highest BCUT2D eigenvalue weighted by Crippen LogP contribution is 2.23. The molecule has 1 aromatic rings. The zero-order valence-corrected chi connectivity index (χ0v) is 12.4. The minimum atomic E-state index is -0.862. The average Bonchev–Trinajstić information content (AvgIpc) is 2.21. The van der Waals surface area contributed by atoms with E-state index in [1.54, 1.807) is 6.92 Å². The Bertz CT molecular complexity index is 480. The third kappa shape index (κ3) is 3.95. The number of carboxylic acids is 1. The van der Waals surface area contributed by atoms with Gasteiger partial charge in [-0.25, -0.2) is 0 Å². The van der Waals surface area contributed by atoms with Gasteiger partial charge in [-0.1, -0.05) is 22.9 Å². The maximum absolute atomic E-state index is 12.1. The number of carbonyl (C=O) groups is 2. The summed E-state index contributed by atoms with van der Waals surface area (Å²) in [5.74, 6) is -0.991. The van der Waals surface area contributed by atoms with Crippen LogP contribution in [0.25, 0.3) is 0 Å². The van der Waals surface area contributed by atoms with Gasteiger partial charge in [0, 0.05) is 22.9 Å². The van der Waals surface area contributed by atoms with Crippen LogP contribution < -0.4 is 0 Å². The summed E-state index contributed by atoms with van der Waals surface area (Å²) in [7, 11) is 0. The molecule has 0 aliphatic heterocycles. The van der Waals surface area contributed by atoms with Crippen molar-refractivity contribution in [2.75, 3.05) is 0 Å². The molecule has 0 aromatic heterocycles. The Morgan fingerprint density at radius 2 is 1.83 bits per heavy atom. The summed E-state index contributed by atoms with van der Waals surface area (Å²) in [6.45, 7) is 5.60. The fourth-order valence-electron chi connectivity index (χ4n) is 1.88. The largest absolute Gasteiger partial charge is 0.481 e. The normalized spacial score (nSPS) is 12.2. The van der Waals surface area contributed by atoms with E-state index in [0.717, 1.165) is 15.6 Å². The van der Waals surface area contributed by atoms with Gasteiger partial charge in [0.25, 0.3) is 0 Å². The molecule has 0 saturated carbocycles. The maximum atomic E-state index is 12.1. The fraction of sp³-hybridized carbons (Fsp3) is 0.429. The van der Waals surface area contributed by atoms with E-state index >= 15 is 0 Å². The van der Waals surface area contributed by atoms with E-state index in [2.05, 4.69) is 15.9 Å². The number of carbonyl (C=O) groups excluding carboxylic acids is 1. The SMILES string of the molecule is Cc1cc(C(=O)CC(C)CC(=O)O)c(C)cc1Br. The molecule has 1 atom stereocenters. The van der Waals surface area contributed by atoms with E-state index in [9.17, 15) is 9.59 Å². The first-order valence-electron chi connectivity index (χ1n) is 5.83. The zero-order valence-electron chi connectivity index (χ0n) is 10.8. The van der Waals surface area contributed by atoms with E-state index in [1.807, 2.05) is 26.0 Å². The Labute approximate surface area is 115 Å². The molecule has 0 amide bonds. The van der Waals surface area contributed by atoms with Gasteiger partial charge in [-0.05, 0) is 43.0 Å². The van der Waals surface area contributed by atoms with E-state index in [1.165, 1.54) is 0 Å². The third-order valence-corrected chi connectivity index (χ3v) is 3.72. The van der Waals surface area contributed by atoms with Gasteiger partial charge in [-0.3, -0.25) is 9.59 Å². The molecule has 0 bridgehead atoms. The van der Waals surface area contributed by atoms with Gasteiger partial charge in [0.05, 0.1) is 0 Å². The smallest absolute Gasteiger partial charge is 0.303 e. The highest BCUT2D eigenvalue weighted by atomic mass is 79.9. The molecule has 1 N–H and O–H groups in total. The van der Waals surface area contributed by atoms with Gasteiger partial charge in [-0.2, -0.15) is 0 Å². The van der Waals surface area contributed by atoms with Crippen LogP contribution in [0.1, 0.15) is 41.3 Å². The van der Waals surface area contributed by atoms with E-state index in [4.69, 9.17) is 5.11 Å². The van der Waals surface area contributed by atoms with Crippen molar-refractivity contribution in [1.29, 1.82) is 0 Å². The molecule has 4 heteroatoms. The van der Waals surface area contributed by atoms with Gasteiger partial charge in [0.15, 0.2) is 5.78 Å². The van der Waals surface area contributed by atoms with E-state index in [0.29, 0.717) is 5.56 Å². The molecule has 0 aliphatic carbocycles. The Morgan fingerprint density at radius 3 is 2.39 bits per heavy atom. The quantitative estimate of drug-likeness (QED) is 0.842. The topological polar surface area (TPSA) is 54.4 Å². The van der Waals surface area contributed by atoms with Crippen molar-refractivity contribution >= 4 is 27.7 Å². The lowest BCUT2D eigenvalue weighted by Crippen LogP contribution is -2.11. The molecular formula is C14H17BrO3. The number of aryl methyl sites for hydroxylation is 2. The molecule has 0 aliphatic rings. The highest BCUT2D eigenvalue weighted by molar-refractivity contribution is 9.10. The molecule has 18 heavy (non-hydrogen) atoms. The van der Waals surface area contributed by atoms with Crippen LogP contribution in [0.15, 0.2) is 16.6 Å². The monoisotopic (exact) mass is 312 g/mol. The summed E-state index contributed by atoms with van der Waals surface area (Å²) in [6.07, 6.45) is 0.300. The van der Waals surface area contributed by atoms with Crippen molar-refractivity contribution in [2.45, 2.75) is 33.6 Å². The second-order valence-corrected chi connectivity index (χ2v) is 5.60. The number of rotatable bonds is 5. The van der Waals surface area contributed by atoms with Gasteiger partial charge in [0.2, 0.25) is 0 Å². The number of hydrogen-bond donors (Lipinski definition) is 1. The first-order valence-corrected chi connectivity index (χ1v) is 6.62. The van der Waals surface area contributed by atoms with Crippen molar-refractivity contribution < 1.29 is 14.7 Å². The molecule has 1 rings (SSSR count). The molecule has 0 spiro atoms.